The molecule has 0 aliphatic carbocycles. The molecular weight excluding hydrogens is 207 g/mol. The van der Waals surface area contributed by atoms with Crippen molar-refractivity contribution in [1.29, 1.82) is 0 Å². The molecule has 0 atom stereocenters. The number of carbonyl (C=O) groups is 1. The largest absolute Gasteiger partial charge is 0.471 e. The lowest BCUT2D eigenvalue weighted by molar-refractivity contribution is -0.184. The quantitative estimate of drug-likeness (QED) is 0.704. The van der Waals surface area contributed by atoms with Gasteiger partial charge in [-0.3, -0.25) is 4.79 Å². The molecule has 0 aromatic rings. The molecule has 1 amide bonds. The number of hydrogen-bond donors (Lipinski definition) is 0. The Morgan fingerprint density at radius 2 is 1.87 bits per heavy atom. The third-order valence-electron chi connectivity index (χ3n) is 3.47. The molecule has 1 aliphatic rings. The van der Waals surface area contributed by atoms with Crippen molar-refractivity contribution in [2.45, 2.75) is 39.3 Å². The van der Waals surface area contributed by atoms with Gasteiger partial charge in [0.25, 0.3) is 0 Å². The van der Waals surface area contributed by atoms with Crippen molar-refractivity contribution in [2.75, 3.05) is 13.1 Å². The molecule has 1 rings (SSSR count). The van der Waals surface area contributed by atoms with Gasteiger partial charge in [0.05, 0.1) is 0 Å². The topological polar surface area (TPSA) is 20.3 Å². The summed E-state index contributed by atoms with van der Waals surface area (Å²) in [6, 6.07) is 0. The van der Waals surface area contributed by atoms with Crippen LogP contribution in [0.2, 0.25) is 0 Å². The maximum atomic E-state index is 12.2. The first-order valence-corrected chi connectivity index (χ1v) is 5.21. The molecule has 0 radical (unpaired) electrons. The van der Waals surface area contributed by atoms with Crippen LogP contribution in [0.15, 0.2) is 0 Å². The maximum Gasteiger partial charge on any atom is 0.471 e. The minimum absolute atomic E-state index is 0.0963. The fourth-order valence-corrected chi connectivity index (χ4v) is 2.11. The third kappa shape index (κ3) is 2.44. The lowest BCUT2D eigenvalue weighted by atomic mass is 9.82. The van der Waals surface area contributed by atoms with E-state index in [-0.39, 0.29) is 18.5 Å². The monoisotopic (exact) mass is 223 g/mol. The van der Waals surface area contributed by atoms with Gasteiger partial charge in [-0.1, -0.05) is 13.8 Å². The van der Waals surface area contributed by atoms with Crippen molar-refractivity contribution in [3.8, 4) is 0 Å². The van der Waals surface area contributed by atoms with Crippen molar-refractivity contribution in [2.24, 2.45) is 5.41 Å². The van der Waals surface area contributed by atoms with Gasteiger partial charge < -0.3 is 4.90 Å². The number of nitrogens with zero attached hydrogens (tertiary/aromatic N) is 1. The summed E-state index contributed by atoms with van der Waals surface area (Å²) in [6.07, 6.45) is -2.39. The van der Waals surface area contributed by atoms with Crippen LogP contribution in [0.4, 0.5) is 13.2 Å². The highest BCUT2D eigenvalue weighted by atomic mass is 19.4. The zero-order valence-electron chi connectivity index (χ0n) is 9.02. The Kier molecular flexibility index (Phi) is 3.31. The lowest BCUT2D eigenvalue weighted by Gasteiger charge is -2.26. The second-order valence-electron chi connectivity index (χ2n) is 4.18. The van der Waals surface area contributed by atoms with Gasteiger partial charge in [0.15, 0.2) is 0 Å². The number of halogens is 3. The second-order valence-corrected chi connectivity index (χ2v) is 4.18. The van der Waals surface area contributed by atoms with E-state index < -0.39 is 12.1 Å². The summed E-state index contributed by atoms with van der Waals surface area (Å²) in [5, 5.41) is 0. The van der Waals surface area contributed by atoms with Crippen LogP contribution in [0.25, 0.3) is 0 Å². The molecule has 0 N–H and O–H groups in total. The lowest BCUT2D eigenvalue weighted by Crippen LogP contribution is -2.40. The molecule has 2 nitrogen and oxygen atoms in total. The molecule has 1 aliphatic heterocycles. The number of rotatable bonds is 2. The molecule has 0 spiro atoms. The Balaban J connectivity index is 2.68. The molecule has 88 valence electrons. The van der Waals surface area contributed by atoms with Crippen LogP contribution in [0.5, 0.6) is 0 Å². The highest BCUT2D eigenvalue weighted by molar-refractivity contribution is 5.82. The van der Waals surface area contributed by atoms with Crippen molar-refractivity contribution in [3.05, 3.63) is 0 Å². The first-order valence-electron chi connectivity index (χ1n) is 5.21. The van der Waals surface area contributed by atoms with Crippen LogP contribution in [-0.4, -0.2) is 30.1 Å². The SMILES string of the molecule is CCC1(CC)CCN(C(=O)C(F)(F)F)C1. The molecule has 0 unspecified atom stereocenters. The summed E-state index contributed by atoms with van der Waals surface area (Å²) >= 11 is 0. The van der Waals surface area contributed by atoms with E-state index in [1.54, 1.807) is 0 Å². The van der Waals surface area contributed by atoms with Gasteiger partial charge >= 0.3 is 12.1 Å². The average Bonchev–Trinajstić information content (AvgIpc) is 2.60. The number of hydrogen-bond acceptors (Lipinski definition) is 1. The van der Waals surface area contributed by atoms with Gasteiger partial charge in [-0.25, -0.2) is 0 Å². The van der Waals surface area contributed by atoms with Gasteiger partial charge in [-0.15, -0.1) is 0 Å². The smallest absolute Gasteiger partial charge is 0.334 e. The fraction of sp³-hybridized carbons (Fsp3) is 0.900. The Labute approximate surface area is 87.4 Å². The van der Waals surface area contributed by atoms with Crippen LogP contribution >= 0.6 is 0 Å². The predicted octanol–water partition coefficient (Wildman–Crippen LogP) is 2.59. The van der Waals surface area contributed by atoms with E-state index >= 15 is 0 Å². The standard InChI is InChI=1S/C10H16F3NO/c1-3-9(4-2)5-6-14(7-9)8(15)10(11,12)13/h3-7H2,1-2H3. The summed E-state index contributed by atoms with van der Waals surface area (Å²) in [6.45, 7) is 4.41. The Hall–Kier alpha value is -0.740. The van der Waals surface area contributed by atoms with Gasteiger partial charge in [-0.05, 0) is 24.7 Å². The van der Waals surface area contributed by atoms with Crippen LogP contribution < -0.4 is 0 Å². The van der Waals surface area contributed by atoms with E-state index in [2.05, 4.69) is 0 Å². The van der Waals surface area contributed by atoms with E-state index in [1.165, 1.54) is 0 Å². The van der Waals surface area contributed by atoms with E-state index in [9.17, 15) is 18.0 Å². The summed E-state index contributed by atoms with van der Waals surface area (Å²) in [7, 11) is 0. The van der Waals surface area contributed by atoms with Crippen molar-refractivity contribution < 1.29 is 18.0 Å². The minimum atomic E-state index is -4.72. The van der Waals surface area contributed by atoms with Gasteiger partial charge in [0.2, 0.25) is 0 Å². The first kappa shape index (κ1) is 12.3. The van der Waals surface area contributed by atoms with E-state index in [1.807, 2.05) is 13.8 Å². The number of alkyl halides is 3. The third-order valence-corrected chi connectivity index (χ3v) is 3.47. The Bertz CT molecular complexity index is 246. The number of amides is 1. The summed E-state index contributed by atoms with van der Waals surface area (Å²) < 4.78 is 36.5. The zero-order valence-corrected chi connectivity index (χ0v) is 9.02. The van der Waals surface area contributed by atoms with E-state index in [4.69, 9.17) is 0 Å². The van der Waals surface area contributed by atoms with E-state index in [0.717, 1.165) is 17.7 Å². The van der Waals surface area contributed by atoms with Gasteiger partial charge in [0.1, 0.15) is 0 Å². The normalized spacial score (nSPS) is 20.7. The fourth-order valence-electron chi connectivity index (χ4n) is 2.11. The molecule has 1 heterocycles. The first-order chi connectivity index (χ1) is 6.84. The zero-order chi connectivity index (χ0) is 11.7. The van der Waals surface area contributed by atoms with Crippen LogP contribution in [0.3, 0.4) is 0 Å². The second kappa shape index (κ2) is 4.02. The molecule has 0 saturated carbocycles. The summed E-state index contributed by atoms with van der Waals surface area (Å²) in [5.41, 5.74) is -0.0963. The maximum absolute atomic E-state index is 12.2. The highest BCUT2D eigenvalue weighted by Crippen LogP contribution is 2.38. The summed E-state index contributed by atoms with van der Waals surface area (Å²) in [5.74, 6) is -1.69. The molecule has 15 heavy (non-hydrogen) atoms. The Morgan fingerprint density at radius 1 is 1.33 bits per heavy atom. The van der Waals surface area contributed by atoms with Gasteiger partial charge in [0, 0.05) is 13.1 Å². The van der Waals surface area contributed by atoms with E-state index in [0.29, 0.717) is 6.42 Å². The molecule has 5 heteroatoms. The van der Waals surface area contributed by atoms with Crippen molar-refractivity contribution in [1.82, 2.24) is 4.90 Å². The predicted molar refractivity (Wildman–Crippen MR) is 50.3 cm³/mol. The molecular formula is C10H16F3NO. The summed E-state index contributed by atoms with van der Waals surface area (Å²) in [4.78, 5) is 11.9. The minimum Gasteiger partial charge on any atom is -0.334 e. The van der Waals surface area contributed by atoms with Crippen LogP contribution in [0.1, 0.15) is 33.1 Å². The molecule has 1 fully saturated rings. The van der Waals surface area contributed by atoms with Gasteiger partial charge in [-0.2, -0.15) is 13.2 Å². The number of carbonyl (C=O) groups excluding carboxylic acids is 1. The van der Waals surface area contributed by atoms with Crippen LogP contribution in [-0.2, 0) is 4.79 Å². The molecule has 1 saturated heterocycles. The molecule has 0 bridgehead atoms. The molecule has 0 aromatic heterocycles. The number of likely N-dealkylation sites (tertiary alicyclic amines) is 1. The van der Waals surface area contributed by atoms with Crippen LogP contribution in [0, 0.1) is 5.41 Å². The highest BCUT2D eigenvalue weighted by Gasteiger charge is 2.47. The average molecular weight is 223 g/mol. The Morgan fingerprint density at radius 3 is 2.20 bits per heavy atom. The molecule has 0 aromatic carbocycles. The van der Waals surface area contributed by atoms with Crippen molar-refractivity contribution in [3.63, 3.8) is 0 Å². The van der Waals surface area contributed by atoms with Crippen molar-refractivity contribution >= 4 is 5.91 Å².